The molecule has 0 spiro atoms. The van der Waals surface area contributed by atoms with Gasteiger partial charge in [0.2, 0.25) is 5.95 Å². The molecule has 0 radical (unpaired) electrons. The Bertz CT molecular complexity index is 683. The Morgan fingerprint density at radius 3 is 2.50 bits per heavy atom. The Kier molecular flexibility index (Phi) is 5.05. The second kappa shape index (κ2) is 7.40. The van der Waals surface area contributed by atoms with Crippen LogP contribution in [0, 0.1) is 0 Å². The third-order valence-electron chi connectivity index (χ3n) is 4.41. The van der Waals surface area contributed by atoms with Crippen molar-refractivity contribution in [2.24, 2.45) is 0 Å². The van der Waals surface area contributed by atoms with Gasteiger partial charge < -0.3 is 14.7 Å². The first-order chi connectivity index (χ1) is 11.7. The van der Waals surface area contributed by atoms with Crippen LogP contribution in [0.2, 0.25) is 0 Å². The van der Waals surface area contributed by atoms with Crippen LogP contribution in [0.3, 0.4) is 0 Å². The fourth-order valence-corrected chi connectivity index (χ4v) is 2.83. The van der Waals surface area contributed by atoms with Crippen molar-refractivity contribution in [1.29, 1.82) is 0 Å². The minimum absolute atomic E-state index is 0.0177. The predicted molar refractivity (Wildman–Crippen MR) is 94.6 cm³/mol. The zero-order chi connectivity index (χ0) is 16.9. The SMILES string of the molecule is CCN1CCN(C(=O)c2ccnc(N(C)c3ccccc3)n2)CC1. The van der Waals surface area contributed by atoms with Crippen molar-refractivity contribution in [1.82, 2.24) is 19.8 Å². The molecule has 0 saturated carbocycles. The zero-order valence-electron chi connectivity index (χ0n) is 14.2. The molecule has 1 saturated heterocycles. The summed E-state index contributed by atoms with van der Waals surface area (Å²) in [6, 6.07) is 11.6. The van der Waals surface area contributed by atoms with Gasteiger partial charge in [-0.2, -0.15) is 0 Å². The van der Waals surface area contributed by atoms with Crippen LogP contribution in [0.25, 0.3) is 0 Å². The van der Waals surface area contributed by atoms with Gasteiger partial charge >= 0.3 is 0 Å². The number of amides is 1. The third-order valence-corrected chi connectivity index (χ3v) is 4.41. The van der Waals surface area contributed by atoms with E-state index in [-0.39, 0.29) is 5.91 Å². The summed E-state index contributed by atoms with van der Waals surface area (Å²) in [6.07, 6.45) is 1.65. The first kappa shape index (κ1) is 16.4. The largest absolute Gasteiger partial charge is 0.335 e. The van der Waals surface area contributed by atoms with Crippen molar-refractivity contribution >= 4 is 17.5 Å². The minimum atomic E-state index is -0.0177. The molecule has 0 bridgehead atoms. The van der Waals surface area contributed by atoms with E-state index in [1.54, 1.807) is 12.3 Å². The Balaban J connectivity index is 1.74. The smallest absolute Gasteiger partial charge is 0.272 e. The number of carbonyl (C=O) groups is 1. The van der Waals surface area contributed by atoms with Crippen LogP contribution in [0.1, 0.15) is 17.4 Å². The summed E-state index contributed by atoms with van der Waals surface area (Å²) in [4.78, 5) is 27.6. The number of nitrogens with zero attached hydrogens (tertiary/aromatic N) is 5. The average molecular weight is 325 g/mol. The lowest BCUT2D eigenvalue weighted by Crippen LogP contribution is -2.48. The van der Waals surface area contributed by atoms with Crippen LogP contribution in [-0.4, -0.2) is 65.4 Å². The maximum Gasteiger partial charge on any atom is 0.272 e. The maximum atomic E-state index is 12.7. The van der Waals surface area contributed by atoms with Crippen molar-refractivity contribution < 1.29 is 4.79 Å². The highest BCUT2D eigenvalue weighted by Crippen LogP contribution is 2.19. The number of anilines is 2. The first-order valence-electron chi connectivity index (χ1n) is 8.32. The molecule has 1 amide bonds. The molecule has 1 aromatic heterocycles. The maximum absolute atomic E-state index is 12.7. The summed E-state index contributed by atoms with van der Waals surface area (Å²) >= 11 is 0. The van der Waals surface area contributed by atoms with Gasteiger partial charge in [-0.1, -0.05) is 25.1 Å². The Labute approximate surface area is 142 Å². The molecule has 0 N–H and O–H groups in total. The average Bonchev–Trinajstić information content (AvgIpc) is 2.67. The van der Waals surface area contributed by atoms with E-state index in [4.69, 9.17) is 0 Å². The summed E-state index contributed by atoms with van der Waals surface area (Å²) < 4.78 is 0. The fourth-order valence-electron chi connectivity index (χ4n) is 2.83. The Morgan fingerprint density at radius 2 is 1.83 bits per heavy atom. The number of carbonyl (C=O) groups excluding carboxylic acids is 1. The summed E-state index contributed by atoms with van der Waals surface area (Å²) in [6.45, 7) is 6.52. The van der Waals surface area contributed by atoms with Gasteiger partial charge in [0.25, 0.3) is 5.91 Å². The van der Waals surface area contributed by atoms with Crippen molar-refractivity contribution in [3.05, 3.63) is 48.3 Å². The van der Waals surface area contributed by atoms with E-state index in [1.807, 2.05) is 47.2 Å². The number of hydrogen-bond donors (Lipinski definition) is 0. The lowest BCUT2D eigenvalue weighted by atomic mass is 10.2. The molecule has 3 rings (SSSR count). The van der Waals surface area contributed by atoms with Gasteiger partial charge in [0.1, 0.15) is 5.69 Å². The molecule has 126 valence electrons. The van der Waals surface area contributed by atoms with Crippen molar-refractivity contribution in [3.8, 4) is 0 Å². The fraction of sp³-hybridized carbons (Fsp3) is 0.389. The van der Waals surface area contributed by atoms with Crippen LogP contribution < -0.4 is 4.90 Å². The van der Waals surface area contributed by atoms with Crippen LogP contribution >= 0.6 is 0 Å². The monoisotopic (exact) mass is 325 g/mol. The van der Waals surface area contributed by atoms with Crippen LogP contribution in [0.4, 0.5) is 11.6 Å². The topological polar surface area (TPSA) is 52.6 Å². The van der Waals surface area contributed by atoms with Gasteiger partial charge in [-0.25, -0.2) is 9.97 Å². The molecule has 2 aromatic rings. The Morgan fingerprint density at radius 1 is 1.12 bits per heavy atom. The molecule has 0 atom stereocenters. The highest BCUT2D eigenvalue weighted by atomic mass is 16.2. The number of rotatable bonds is 4. The van der Waals surface area contributed by atoms with E-state index in [9.17, 15) is 4.79 Å². The normalized spacial score (nSPS) is 15.3. The lowest BCUT2D eigenvalue weighted by Gasteiger charge is -2.33. The zero-order valence-corrected chi connectivity index (χ0v) is 14.2. The van der Waals surface area contributed by atoms with Gasteiger partial charge in [-0.3, -0.25) is 4.79 Å². The molecule has 1 aromatic carbocycles. The van der Waals surface area contributed by atoms with Crippen LogP contribution in [-0.2, 0) is 0 Å². The standard InChI is InChI=1S/C18H23N5O/c1-3-22-11-13-23(14-12-22)17(24)16-9-10-19-18(20-16)21(2)15-7-5-4-6-8-15/h4-10H,3,11-14H2,1-2H3. The van der Waals surface area contributed by atoms with E-state index in [2.05, 4.69) is 21.8 Å². The molecule has 1 aliphatic heterocycles. The number of aromatic nitrogens is 2. The van der Waals surface area contributed by atoms with E-state index in [0.717, 1.165) is 38.4 Å². The second-order valence-electron chi connectivity index (χ2n) is 5.86. The summed E-state index contributed by atoms with van der Waals surface area (Å²) in [5, 5.41) is 0. The van der Waals surface area contributed by atoms with Crippen LogP contribution in [0.15, 0.2) is 42.6 Å². The van der Waals surface area contributed by atoms with Crippen molar-refractivity contribution in [2.45, 2.75) is 6.92 Å². The molecular formula is C18H23N5O. The summed E-state index contributed by atoms with van der Waals surface area (Å²) in [5.74, 6) is 0.509. The molecule has 1 aliphatic rings. The first-order valence-corrected chi connectivity index (χ1v) is 8.32. The number of para-hydroxylation sites is 1. The second-order valence-corrected chi connectivity index (χ2v) is 5.86. The van der Waals surface area contributed by atoms with E-state index >= 15 is 0 Å². The van der Waals surface area contributed by atoms with Gasteiger partial charge in [-0.05, 0) is 24.7 Å². The third kappa shape index (κ3) is 3.54. The van der Waals surface area contributed by atoms with E-state index in [0.29, 0.717) is 11.6 Å². The predicted octanol–water partition coefficient (Wildman–Crippen LogP) is 2.02. The van der Waals surface area contributed by atoms with Crippen molar-refractivity contribution in [3.63, 3.8) is 0 Å². The number of likely N-dealkylation sites (N-methyl/N-ethyl adjacent to an activating group) is 1. The molecule has 24 heavy (non-hydrogen) atoms. The molecule has 2 heterocycles. The number of piperazine rings is 1. The van der Waals surface area contributed by atoms with Gasteiger partial charge in [0.05, 0.1) is 0 Å². The van der Waals surface area contributed by atoms with Gasteiger partial charge in [0.15, 0.2) is 0 Å². The highest BCUT2D eigenvalue weighted by Gasteiger charge is 2.23. The molecule has 6 nitrogen and oxygen atoms in total. The van der Waals surface area contributed by atoms with Crippen LogP contribution in [0.5, 0.6) is 0 Å². The van der Waals surface area contributed by atoms with E-state index < -0.39 is 0 Å². The van der Waals surface area contributed by atoms with Gasteiger partial charge in [0, 0.05) is 45.1 Å². The number of hydrogen-bond acceptors (Lipinski definition) is 5. The lowest BCUT2D eigenvalue weighted by molar-refractivity contribution is 0.0637. The highest BCUT2D eigenvalue weighted by molar-refractivity contribution is 5.92. The minimum Gasteiger partial charge on any atom is -0.335 e. The Hall–Kier alpha value is -2.47. The van der Waals surface area contributed by atoms with Crippen molar-refractivity contribution in [2.75, 3.05) is 44.7 Å². The summed E-state index contributed by atoms with van der Waals surface area (Å²) in [7, 11) is 1.90. The van der Waals surface area contributed by atoms with Gasteiger partial charge in [-0.15, -0.1) is 0 Å². The quantitative estimate of drug-likeness (QED) is 0.861. The van der Waals surface area contributed by atoms with E-state index in [1.165, 1.54) is 0 Å². The molecule has 0 aliphatic carbocycles. The molecule has 0 unspecified atom stereocenters. The number of benzene rings is 1. The molecule has 6 heteroatoms. The summed E-state index contributed by atoms with van der Waals surface area (Å²) in [5.41, 5.74) is 1.44. The molecule has 1 fully saturated rings. The molecular weight excluding hydrogens is 302 g/mol.